The average molecular weight is 292 g/mol. The maximum absolute atomic E-state index is 11.0. The van der Waals surface area contributed by atoms with Crippen LogP contribution < -0.4 is 0 Å². The van der Waals surface area contributed by atoms with E-state index in [-0.39, 0.29) is 5.97 Å². The molecule has 0 saturated carbocycles. The minimum absolute atomic E-state index is 0.358. The molecule has 0 N–H and O–H groups in total. The predicted octanol–water partition coefficient (Wildman–Crippen LogP) is 1.41. The SMILES string of the molecule is CCCCOCCOCCOCCO[C@@H](C)C(=O)OC. The lowest BCUT2D eigenvalue weighted by atomic mass is 10.4. The first kappa shape index (κ1) is 19.3. The number of carbonyl (C=O) groups excluding carboxylic acids is 1. The zero-order valence-electron chi connectivity index (χ0n) is 12.9. The molecule has 0 aliphatic heterocycles. The fraction of sp³-hybridized carbons (Fsp3) is 0.929. The van der Waals surface area contributed by atoms with Crippen molar-refractivity contribution in [2.24, 2.45) is 0 Å². The van der Waals surface area contributed by atoms with Crippen molar-refractivity contribution in [3.8, 4) is 0 Å². The third-order valence-electron chi connectivity index (χ3n) is 2.51. The van der Waals surface area contributed by atoms with Gasteiger partial charge in [-0.1, -0.05) is 13.3 Å². The van der Waals surface area contributed by atoms with Crippen LogP contribution in [0.3, 0.4) is 0 Å². The highest BCUT2D eigenvalue weighted by atomic mass is 16.6. The highest BCUT2D eigenvalue weighted by molar-refractivity contribution is 5.73. The molecule has 0 fully saturated rings. The second kappa shape index (κ2) is 14.7. The fourth-order valence-electron chi connectivity index (χ4n) is 1.31. The summed E-state index contributed by atoms with van der Waals surface area (Å²) in [4.78, 5) is 11.0. The topological polar surface area (TPSA) is 63.2 Å². The Balaban J connectivity index is 3.11. The largest absolute Gasteiger partial charge is 0.467 e. The summed E-state index contributed by atoms with van der Waals surface area (Å²) in [6, 6.07) is 0. The van der Waals surface area contributed by atoms with Gasteiger partial charge in [-0.05, 0) is 13.3 Å². The summed E-state index contributed by atoms with van der Waals surface area (Å²) in [6.07, 6.45) is 1.68. The quantitative estimate of drug-likeness (QED) is 0.356. The van der Waals surface area contributed by atoms with E-state index in [0.29, 0.717) is 39.6 Å². The van der Waals surface area contributed by atoms with E-state index in [1.165, 1.54) is 7.11 Å². The van der Waals surface area contributed by atoms with Gasteiger partial charge < -0.3 is 23.7 Å². The van der Waals surface area contributed by atoms with Gasteiger partial charge in [-0.3, -0.25) is 0 Å². The van der Waals surface area contributed by atoms with E-state index in [1.54, 1.807) is 6.92 Å². The summed E-state index contributed by atoms with van der Waals surface area (Å²) in [5, 5.41) is 0. The van der Waals surface area contributed by atoms with Gasteiger partial charge in [0, 0.05) is 6.61 Å². The molecular formula is C14H28O6. The summed E-state index contributed by atoms with van der Waals surface area (Å²) in [5.41, 5.74) is 0. The standard InChI is InChI=1S/C14H28O6/c1-4-5-6-17-7-8-18-9-10-19-11-12-20-13(2)14(15)16-3/h13H,4-12H2,1-3H3/t13-/m0/s1. The Labute approximate surface area is 121 Å². The van der Waals surface area contributed by atoms with Crippen molar-refractivity contribution < 1.29 is 28.5 Å². The molecule has 0 aromatic heterocycles. The van der Waals surface area contributed by atoms with E-state index < -0.39 is 6.10 Å². The molecule has 0 saturated heterocycles. The van der Waals surface area contributed by atoms with Crippen molar-refractivity contribution >= 4 is 5.97 Å². The van der Waals surface area contributed by atoms with Gasteiger partial charge in [-0.2, -0.15) is 0 Å². The Hall–Kier alpha value is -0.690. The molecule has 0 unspecified atom stereocenters. The smallest absolute Gasteiger partial charge is 0.334 e. The molecule has 0 spiro atoms. The lowest BCUT2D eigenvalue weighted by Gasteiger charge is -2.11. The highest BCUT2D eigenvalue weighted by Gasteiger charge is 2.12. The summed E-state index contributed by atoms with van der Waals surface area (Å²) in [7, 11) is 1.34. The van der Waals surface area contributed by atoms with Crippen LogP contribution in [0, 0.1) is 0 Å². The second-order valence-corrected chi connectivity index (χ2v) is 4.23. The number of unbranched alkanes of at least 4 members (excludes halogenated alkanes) is 1. The van der Waals surface area contributed by atoms with Gasteiger partial charge in [0.15, 0.2) is 6.10 Å². The van der Waals surface area contributed by atoms with Crippen molar-refractivity contribution in [3.63, 3.8) is 0 Å². The highest BCUT2D eigenvalue weighted by Crippen LogP contribution is 1.93. The molecule has 1 atom stereocenters. The van der Waals surface area contributed by atoms with Crippen LogP contribution in [0.1, 0.15) is 26.7 Å². The Kier molecular flexibility index (Phi) is 14.2. The number of hydrogen-bond acceptors (Lipinski definition) is 6. The monoisotopic (exact) mass is 292 g/mol. The van der Waals surface area contributed by atoms with Crippen molar-refractivity contribution in [1.82, 2.24) is 0 Å². The van der Waals surface area contributed by atoms with Gasteiger partial charge in [-0.15, -0.1) is 0 Å². The first-order chi connectivity index (χ1) is 9.72. The first-order valence-corrected chi connectivity index (χ1v) is 7.15. The minimum atomic E-state index is -0.555. The minimum Gasteiger partial charge on any atom is -0.467 e. The molecule has 6 heteroatoms. The molecule has 6 nitrogen and oxygen atoms in total. The van der Waals surface area contributed by atoms with Crippen molar-refractivity contribution in [2.75, 3.05) is 53.4 Å². The second-order valence-electron chi connectivity index (χ2n) is 4.23. The number of methoxy groups -OCH3 is 1. The van der Waals surface area contributed by atoms with Gasteiger partial charge in [0.1, 0.15) is 0 Å². The van der Waals surface area contributed by atoms with Crippen LogP contribution in [0.15, 0.2) is 0 Å². The van der Waals surface area contributed by atoms with Gasteiger partial charge in [0.2, 0.25) is 0 Å². The maximum atomic E-state index is 11.0. The van der Waals surface area contributed by atoms with E-state index >= 15 is 0 Å². The number of rotatable bonds is 14. The van der Waals surface area contributed by atoms with E-state index in [0.717, 1.165) is 19.4 Å². The molecular weight excluding hydrogens is 264 g/mol. The normalized spacial score (nSPS) is 12.3. The third-order valence-corrected chi connectivity index (χ3v) is 2.51. The number of hydrogen-bond donors (Lipinski definition) is 0. The molecule has 0 aromatic carbocycles. The summed E-state index contributed by atoms with van der Waals surface area (Å²) >= 11 is 0. The molecule has 120 valence electrons. The molecule has 0 aromatic rings. The van der Waals surface area contributed by atoms with Gasteiger partial charge in [-0.25, -0.2) is 4.79 Å². The van der Waals surface area contributed by atoms with Crippen LogP contribution in [0.5, 0.6) is 0 Å². The predicted molar refractivity (Wildman–Crippen MR) is 74.8 cm³/mol. The number of esters is 1. The summed E-state index contributed by atoms with van der Waals surface area (Å²) < 4.78 is 25.7. The Bertz CT molecular complexity index is 222. The van der Waals surface area contributed by atoms with E-state index in [9.17, 15) is 4.79 Å². The summed E-state index contributed by atoms with van der Waals surface area (Å²) in [6.45, 7) is 7.61. The van der Waals surface area contributed by atoms with Crippen molar-refractivity contribution in [2.45, 2.75) is 32.8 Å². The Morgan fingerprint density at radius 1 is 0.900 bits per heavy atom. The van der Waals surface area contributed by atoms with Gasteiger partial charge in [0.05, 0.1) is 46.8 Å². The van der Waals surface area contributed by atoms with Crippen molar-refractivity contribution in [3.05, 3.63) is 0 Å². The lowest BCUT2D eigenvalue weighted by Crippen LogP contribution is -2.24. The Morgan fingerprint density at radius 3 is 1.90 bits per heavy atom. The third kappa shape index (κ3) is 12.3. The van der Waals surface area contributed by atoms with Crippen LogP contribution in [0.4, 0.5) is 0 Å². The molecule has 0 radical (unpaired) electrons. The Morgan fingerprint density at radius 2 is 1.40 bits per heavy atom. The number of ether oxygens (including phenoxy) is 5. The zero-order valence-corrected chi connectivity index (χ0v) is 12.9. The molecule has 0 aliphatic rings. The number of carbonyl (C=O) groups is 1. The van der Waals surface area contributed by atoms with Crippen LogP contribution in [0.25, 0.3) is 0 Å². The van der Waals surface area contributed by atoms with Gasteiger partial charge in [0.25, 0.3) is 0 Å². The van der Waals surface area contributed by atoms with Crippen LogP contribution in [0.2, 0.25) is 0 Å². The van der Waals surface area contributed by atoms with Crippen LogP contribution >= 0.6 is 0 Å². The zero-order chi connectivity index (χ0) is 15.1. The van der Waals surface area contributed by atoms with E-state index in [1.807, 2.05) is 0 Å². The molecule has 0 bridgehead atoms. The van der Waals surface area contributed by atoms with Crippen LogP contribution in [-0.2, 0) is 28.5 Å². The molecule has 20 heavy (non-hydrogen) atoms. The molecule has 0 heterocycles. The lowest BCUT2D eigenvalue weighted by molar-refractivity contribution is -0.153. The van der Waals surface area contributed by atoms with E-state index in [4.69, 9.17) is 18.9 Å². The van der Waals surface area contributed by atoms with Crippen LogP contribution in [-0.4, -0.2) is 65.4 Å². The maximum Gasteiger partial charge on any atom is 0.334 e. The average Bonchev–Trinajstić information content (AvgIpc) is 2.47. The summed E-state index contributed by atoms with van der Waals surface area (Å²) in [5.74, 6) is -0.378. The van der Waals surface area contributed by atoms with Gasteiger partial charge >= 0.3 is 5.97 Å². The fourth-order valence-corrected chi connectivity index (χ4v) is 1.31. The molecule has 0 aliphatic carbocycles. The van der Waals surface area contributed by atoms with Crippen molar-refractivity contribution in [1.29, 1.82) is 0 Å². The van der Waals surface area contributed by atoms with E-state index in [2.05, 4.69) is 11.7 Å². The molecule has 0 amide bonds. The first-order valence-electron chi connectivity index (χ1n) is 7.15. The molecule has 0 rings (SSSR count).